The standard InChI is InChI=1S/C16H15FN2O2/c1-16(2)9-19(11-5-3-10(17)4-6-11)13-8-7-12(15(20)21)18-14(13)16/h3-8H,9H2,1-2H3,(H,20,21). The first-order valence-electron chi connectivity index (χ1n) is 6.66. The van der Waals surface area contributed by atoms with Crippen LogP contribution in [0.2, 0.25) is 0 Å². The second-order valence-electron chi connectivity index (χ2n) is 5.82. The van der Waals surface area contributed by atoms with Crippen LogP contribution in [0, 0.1) is 5.82 Å². The average molecular weight is 286 g/mol. The number of aromatic carboxylic acids is 1. The molecule has 0 amide bonds. The molecule has 1 N–H and O–H groups in total. The lowest BCUT2D eigenvalue weighted by molar-refractivity contribution is 0.0690. The van der Waals surface area contributed by atoms with E-state index in [0.29, 0.717) is 6.54 Å². The van der Waals surface area contributed by atoms with Crippen molar-refractivity contribution >= 4 is 17.3 Å². The maximum atomic E-state index is 13.1. The van der Waals surface area contributed by atoms with E-state index in [4.69, 9.17) is 5.11 Å². The second kappa shape index (κ2) is 4.55. The lowest BCUT2D eigenvalue weighted by Gasteiger charge is -2.22. The van der Waals surface area contributed by atoms with E-state index in [1.165, 1.54) is 18.2 Å². The van der Waals surface area contributed by atoms with Gasteiger partial charge in [-0.1, -0.05) is 13.8 Å². The summed E-state index contributed by atoms with van der Waals surface area (Å²) in [5.41, 5.74) is 2.27. The van der Waals surface area contributed by atoms with Gasteiger partial charge >= 0.3 is 5.97 Å². The molecule has 4 nitrogen and oxygen atoms in total. The lowest BCUT2D eigenvalue weighted by atomic mass is 9.91. The molecule has 0 spiro atoms. The Morgan fingerprint density at radius 3 is 2.52 bits per heavy atom. The van der Waals surface area contributed by atoms with Crippen LogP contribution < -0.4 is 4.90 Å². The van der Waals surface area contributed by atoms with Gasteiger partial charge in [0.25, 0.3) is 0 Å². The third kappa shape index (κ3) is 2.24. The maximum absolute atomic E-state index is 13.1. The van der Waals surface area contributed by atoms with Crippen LogP contribution in [0.1, 0.15) is 30.0 Å². The highest BCUT2D eigenvalue weighted by atomic mass is 19.1. The minimum atomic E-state index is -1.03. The molecule has 21 heavy (non-hydrogen) atoms. The zero-order valence-corrected chi connectivity index (χ0v) is 11.8. The molecule has 0 fully saturated rings. The van der Waals surface area contributed by atoms with Crippen LogP contribution in [0.25, 0.3) is 0 Å². The van der Waals surface area contributed by atoms with Crippen molar-refractivity contribution < 1.29 is 14.3 Å². The fraction of sp³-hybridized carbons (Fsp3) is 0.250. The van der Waals surface area contributed by atoms with Crippen LogP contribution in [0.15, 0.2) is 36.4 Å². The Morgan fingerprint density at radius 2 is 1.90 bits per heavy atom. The van der Waals surface area contributed by atoms with Crippen LogP contribution >= 0.6 is 0 Å². The van der Waals surface area contributed by atoms with Gasteiger partial charge < -0.3 is 10.0 Å². The summed E-state index contributed by atoms with van der Waals surface area (Å²) >= 11 is 0. The van der Waals surface area contributed by atoms with Gasteiger partial charge in [0.15, 0.2) is 0 Å². The number of rotatable bonds is 2. The van der Waals surface area contributed by atoms with Gasteiger partial charge in [-0.2, -0.15) is 0 Å². The van der Waals surface area contributed by atoms with E-state index in [0.717, 1.165) is 17.1 Å². The summed E-state index contributed by atoms with van der Waals surface area (Å²) in [6, 6.07) is 9.53. The van der Waals surface area contributed by atoms with Crippen molar-refractivity contribution in [2.24, 2.45) is 0 Å². The van der Waals surface area contributed by atoms with E-state index in [2.05, 4.69) is 4.98 Å². The summed E-state index contributed by atoms with van der Waals surface area (Å²) in [7, 11) is 0. The molecular weight excluding hydrogens is 271 g/mol. The summed E-state index contributed by atoms with van der Waals surface area (Å²) in [5.74, 6) is -1.31. The van der Waals surface area contributed by atoms with Gasteiger partial charge in [0.2, 0.25) is 0 Å². The molecule has 5 heteroatoms. The third-order valence-corrected chi connectivity index (χ3v) is 3.72. The minimum absolute atomic E-state index is 0.0442. The molecule has 1 aromatic carbocycles. The zero-order valence-electron chi connectivity index (χ0n) is 11.8. The molecule has 3 rings (SSSR count). The van der Waals surface area contributed by atoms with Crippen LogP contribution in [-0.4, -0.2) is 22.6 Å². The van der Waals surface area contributed by atoms with Crippen LogP contribution in [0.5, 0.6) is 0 Å². The number of hydrogen-bond acceptors (Lipinski definition) is 3. The number of carboxylic acid groups (broad SMARTS) is 1. The third-order valence-electron chi connectivity index (χ3n) is 3.72. The molecule has 0 aliphatic carbocycles. The molecule has 0 atom stereocenters. The van der Waals surface area contributed by atoms with Crippen molar-refractivity contribution in [1.29, 1.82) is 0 Å². The molecule has 108 valence electrons. The highest BCUT2D eigenvalue weighted by Crippen LogP contribution is 2.43. The Morgan fingerprint density at radius 1 is 1.24 bits per heavy atom. The highest BCUT2D eigenvalue weighted by Gasteiger charge is 2.37. The smallest absolute Gasteiger partial charge is 0.354 e. The highest BCUT2D eigenvalue weighted by molar-refractivity contribution is 5.86. The van der Waals surface area contributed by atoms with E-state index in [-0.39, 0.29) is 16.9 Å². The van der Waals surface area contributed by atoms with Gasteiger partial charge in [0, 0.05) is 17.6 Å². The molecule has 1 aromatic heterocycles. The van der Waals surface area contributed by atoms with Gasteiger partial charge in [0.1, 0.15) is 11.5 Å². The number of aromatic nitrogens is 1. The molecule has 0 radical (unpaired) electrons. The molecule has 0 saturated carbocycles. The summed E-state index contributed by atoms with van der Waals surface area (Å²) in [4.78, 5) is 17.4. The number of pyridine rings is 1. The summed E-state index contributed by atoms with van der Waals surface area (Å²) in [5, 5.41) is 9.08. The van der Waals surface area contributed by atoms with E-state index < -0.39 is 5.97 Å². The normalized spacial score (nSPS) is 15.9. The van der Waals surface area contributed by atoms with Gasteiger partial charge in [0.05, 0.1) is 11.4 Å². The largest absolute Gasteiger partial charge is 0.477 e. The maximum Gasteiger partial charge on any atom is 0.354 e. The first-order valence-corrected chi connectivity index (χ1v) is 6.66. The van der Waals surface area contributed by atoms with Crippen molar-refractivity contribution in [3.8, 4) is 0 Å². The Bertz CT molecular complexity index is 711. The zero-order chi connectivity index (χ0) is 15.2. The summed E-state index contributed by atoms with van der Waals surface area (Å²) < 4.78 is 13.1. The van der Waals surface area contributed by atoms with Gasteiger partial charge in [-0.05, 0) is 36.4 Å². The van der Waals surface area contributed by atoms with E-state index in [1.54, 1.807) is 18.2 Å². The number of halogens is 1. The molecule has 0 bridgehead atoms. The summed E-state index contributed by atoms with van der Waals surface area (Å²) in [6.45, 7) is 4.71. The molecule has 2 heterocycles. The van der Waals surface area contributed by atoms with E-state index >= 15 is 0 Å². The van der Waals surface area contributed by atoms with E-state index in [1.807, 2.05) is 18.7 Å². The molecule has 1 aliphatic rings. The van der Waals surface area contributed by atoms with Crippen molar-refractivity contribution in [3.05, 3.63) is 53.6 Å². The van der Waals surface area contributed by atoms with Crippen LogP contribution in [-0.2, 0) is 5.41 Å². The number of hydrogen-bond donors (Lipinski definition) is 1. The number of carboxylic acids is 1. The predicted molar refractivity (Wildman–Crippen MR) is 77.6 cm³/mol. The first-order chi connectivity index (χ1) is 9.88. The monoisotopic (exact) mass is 286 g/mol. The predicted octanol–water partition coefficient (Wildman–Crippen LogP) is 3.35. The van der Waals surface area contributed by atoms with Crippen LogP contribution in [0.4, 0.5) is 15.8 Å². The molecule has 0 unspecified atom stereocenters. The number of benzene rings is 1. The Hall–Kier alpha value is -2.43. The fourth-order valence-corrected chi connectivity index (χ4v) is 2.69. The van der Waals surface area contributed by atoms with Gasteiger partial charge in [-0.3, -0.25) is 0 Å². The summed E-state index contributed by atoms with van der Waals surface area (Å²) in [6.07, 6.45) is 0. The Labute approximate surface area is 121 Å². The Kier molecular flexibility index (Phi) is 2.93. The van der Waals surface area contributed by atoms with Crippen molar-refractivity contribution in [2.75, 3.05) is 11.4 Å². The Balaban J connectivity index is 2.09. The second-order valence-corrected chi connectivity index (χ2v) is 5.82. The fourth-order valence-electron chi connectivity index (χ4n) is 2.69. The minimum Gasteiger partial charge on any atom is -0.477 e. The number of fused-ring (bicyclic) bond motifs is 1. The lowest BCUT2D eigenvalue weighted by Crippen LogP contribution is -2.25. The topological polar surface area (TPSA) is 53.4 Å². The molecular formula is C16H15FN2O2. The quantitative estimate of drug-likeness (QED) is 0.920. The SMILES string of the molecule is CC1(C)CN(c2ccc(F)cc2)c2ccc(C(=O)O)nc21. The van der Waals surface area contributed by atoms with Gasteiger partial charge in [-0.15, -0.1) is 0 Å². The number of carbonyl (C=O) groups is 1. The number of anilines is 2. The van der Waals surface area contributed by atoms with Crippen molar-refractivity contribution in [2.45, 2.75) is 19.3 Å². The van der Waals surface area contributed by atoms with Crippen LogP contribution in [0.3, 0.4) is 0 Å². The van der Waals surface area contributed by atoms with Crippen molar-refractivity contribution in [1.82, 2.24) is 4.98 Å². The molecule has 1 aliphatic heterocycles. The van der Waals surface area contributed by atoms with E-state index in [9.17, 15) is 9.18 Å². The van der Waals surface area contributed by atoms with Gasteiger partial charge in [-0.25, -0.2) is 14.2 Å². The van der Waals surface area contributed by atoms with Crippen molar-refractivity contribution in [3.63, 3.8) is 0 Å². The number of nitrogens with zero attached hydrogens (tertiary/aromatic N) is 2. The molecule has 0 saturated heterocycles. The average Bonchev–Trinajstić information content (AvgIpc) is 2.71. The molecule has 2 aromatic rings. The first kappa shape index (κ1) is 13.5.